The van der Waals surface area contributed by atoms with Crippen molar-refractivity contribution in [2.75, 3.05) is 56.7 Å². The topological polar surface area (TPSA) is 68.8 Å². The Hall–Kier alpha value is -1.81. The number of likely N-dealkylation sites (tertiary alicyclic amines) is 1. The van der Waals surface area contributed by atoms with Gasteiger partial charge in [-0.3, -0.25) is 15.0 Å². The highest BCUT2D eigenvalue weighted by Crippen LogP contribution is 2.47. The number of thiazole rings is 1. The smallest absolute Gasteiger partial charge is 0.328 e. The highest BCUT2D eigenvalue weighted by Gasteiger charge is 2.48. The number of hydrogen-bond acceptors (Lipinski definition) is 6. The van der Waals surface area contributed by atoms with Gasteiger partial charge in [0, 0.05) is 55.5 Å². The molecule has 1 fully saturated rings. The van der Waals surface area contributed by atoms with Gasteiger partial charge >= 0.3 is 6.03 Å². The third-order valence-corrected chi connectivity index (χ3v) is 8.17. The van der Waals surface area contributed by atoms with Crippen molar-refractivity contribution in [2.24, 2.45) is 0 Å². The maximum atomic E-state index is 13.1. The predicted molar refractivity (Wildman–Crippen MR) is 128 cm³/mol. The Morgan fingerprint density at radius 2 is 2.16 bits per heavy atom. The highest BCUT2D eigenvalue weighted by molar-refractivity contribution is 8.01. The molecule has 4 rings (SSSR count). The minimum atomic E-state index is -0.177. The van der Waals surface area contributed by atoms with Gasteiger partial charge in [-0.05, 0) is 43.8 Å². The Morgan fingerprint density at radius 3 is 2.87 bits per heavy atom. The van der Waals surface area contributed by atoms with Crippen molar-refractivity contribution >= 4 is 57.5 Å². The third-order valence-electron chi connectivity index (χ3n) is 5.83. The second-order valence-corrected chi connectivity index (χ2v) is 11.2. The summed E-state index contributed by atoms with van der Waals surface area (Å²) < 4.78 is 0.976. The summed E-state index contributed by atoms with van der Waals surface area (Å²) in [5.41, 5.74) is 2.00. The van der Waals surface area contributed by atoms with Crippen molar-refractivity contribution in [3.05, 3.63) is 35.0 Å². The van der Waals surface area contributed by atoms with E-state index in [4.69, 9.17) is 11.6 Å². The lowest BCUT2D eigenvalue weighted by Crippen LogP contribution is -2.40. The first-order valence-electron chi connectivity index (χ1n) is 10.1. The zero-order chi connectivity index (χ0) is 22.2. The maximum absolute atomic E-state index is 13.1. The molecule has 1 aromatic heterocycles. The quantitative estimate of drug-likeness (QED) is 0.656. The Labute approximate surface area is 195 Å². The summed E-state index contributed by atoms with van der Waals surface area (Å²) in [6.45, 7) is 2.55. The minimum absolute atomic E-state index is 0.0742. The van der Waals surface area contributed by atoms with Gasteiger partial charge in [0.05, 0.1) is 10.4 Å². The molecule has 31 heavy (non-hydrogen) atoms. The number of thioether (sulfide) groups is 1. The summed E-state index contributed by atoms with van der Waals surface area (Å²) in [5.74, 6) is 0.785. The van der Waals surface area contributed by atoms with Crippen molar-refractivity contribution in [3.8, 4) is 0 Å². The van der Waals surface area contributed by atoms with Crippen molar-refractivity contribution < 1.29 is 9.59 Å². The molecule has 2 aliphatic rings. The van der Waals surface area contributed by atoms with Gasteiger partial charge in [-0.2, -0.15) is 0 Å². The average Bonchev–Trinajstić information content (AvgIpc) is 3.40. The van der Waals surface area contributed by atoms with Crippen LogP contribution in [-0.2, 0) is 10.2 Å². The second kappa shape index (κ2) is 8.97. The number of rotatable bonds is 5. The largest absolute Gasteiger partial charge is 0.349 e. The third kappa shape index (κ3) is 4.69. The number of carbonyl (C=O) groups is 2. The Bertz CT molecular complexity index is 998. The molecule has 10 heteroatoms. The summed E-state index contributed by atoms with van der Waals surface area (Å²) in [5, 5.41) is 4.21. The fraction of sp³-hybridized carbons (Fsp3) is 0.476. The molecule has 2 aliphatic heterocycles. The number of halogens is 1. The number of likely N-dealkylation sites (N-methyl/N-ethyl adjacent to an activating group) is 1. The first kappa shape index (κ1) is 22.4. The molecule has 166 valence electrons. The van der Waals surface area contributed by atoms with Crippen molar-refractivity contribution in [3.63, 3.8) is 0 Å². The molecule has 1 N–H and O–H groups in total. The van der Waals surface area contributed by atoms with Gasteiger partial charge in [-0.15, -0.1) is 11.8 Å². The molecule has 1 spiro atoms. The van der Waals surface area contributed by atoms with Crippen LogP contribution in [0.25, 0.3) is 0 Å². The molecular weight excluding hydrogens is 454 g/mol. The molecule has 2 aromatic rings. The van der Waals surface area contributed by atoms with Gasteiger partial charge in [-0.1, -0.05) is 22.9 Å². The standard InChI is InChI=1S/C21H26ClN5O2S2/c1-25(2)17(28)6-9-30-18-11-23-19(31-18)24-20(29)27-13-21(7-8-26(3)12-21)15-10-14(22)4-5-16(15)27/h4-5,10-11H,6-9,12-13H2,1-3H3,(H,23,24,29). The fourth-order valence-electron chi connectivity index (χ4n) is 4.26. The maximum Gasteiger partial charge on any atom is 0.328 e. The van der Waals surface area contributed by atoms with Gasteiger partial charge < -0.3 is 9.80 Å². The van der Waals surface area contributed by atoms with E-state index in [1.807, 2.05) is 23.1 Å². The number of fused-ring (bicyclic) bond motifs is 2. The van der Waals surface area contributed by atoms with E-state index < -0.39 is 0 Å². The Balaban J connectivity index is 1.43. The number of benzene rings is 1. The average molecular weight is 480 g/mol. The lowest BCUT2D eigenvalue weighted by atomic mass is 9.81. The summed E-state index contributed by atoms with van der Waals surface area (Å²) in [4.78, 5) is 34.9. The fourth-order valence-corrected chi connectivity index (χ4v) is 6.30. The van der Waals surface area contributed by atoms with Crippen LogP contribution in [0.1, 0.15) is 18.4 Å². The summed E-state index contributed by atoms with van der Waals surface area (Å²) in [6, 6.07) is 5.61. The van der Waals surface area contributed by atoms with Gasteiger partial charge in [0.1, 0.15) is 0 Å². The summed E-state index contributed by atoms with van der Waals surface area (Å²) in [7, 11) is 5.62. The number of hydrogen-bond donors (Lipinski definition) is 1. The summed E-state index contributed by atoms with van der Waals surface area (Å²) in [6.07, 6.45) is 3.22. The van der Waals surface area contributed by atoms with Crippen molar-refractivity contribution in [2.45, 2.75) is 22.5 Å². The molecule has 1 saturated heterocycles. The van der Waals surface area contributed by atoms with E-state index in [2.05, 4.69) is 22.2 Å². The van der Waals surface area contributed by atoms with E-state index in [9.17, 15) is 9.59 Å². The van der Waals surface area contributed by atoms with Crippen LogP contribution in [-0.4, -0.2) is 73.3 Å². The monoisotopic (exact) mass is 479 g/mol. The lowest BCUT2D eigenvalue weighted by Gasteiger charge is -2.25. The Kier molecular flexibility index (Phi) is 6.48. The van der Waals surface area contributed by atoms with Gasteiger partial charge in [0.2, 0.25) is 5.91 Å². The van der Waals surface area contributed by atoms with Crippen molar-refractivity contribution in [1.29, 1.82) is 0 Å². The second-order valence-electron chi connectivity index (χ2n) is 8.32. The van der Waals surface area contributed by atoms with E-state index in [0.29, 0.717) is 28.9 Å². The molecule has 3 heterocycles. The molecule has 3 amide bonds. The van der Waals surface area contributed by atoms with E-state index in [1.54, 1.807) is 37.0 Å². The van der Waals surface area contributed by atoms with Gasteiger partial charge in [0.25, 0.3) is 0 Å². The number of nitrogens with one attached hydrogen (secondary N) is 1. The molecule has 0 radical (unpaired) electrons. The number of amides is 3. The van der Waals surface area contributed by atoms with E-state index in [0.717, 1.165) is 35.0 Å². The molecule has 0 aliphatic carbocycles. The molecule has 1 atom stereocenters. The summed E-state index contributed by atoms with van der Waals surface area (Å²) >= 11 is 9.29. The first-order valence-corrected chi connectivity index (χ1v) is 12.3. The molecule has 1 aromatic carbocycles. The molecule has 0 bridgehead atoms. The molecule has 7 nitrogen and oxygen atoms in total. The number of nitrogens with zero attached hydrogens (tertiary/aromatic N) is 4. The molecular formula is C21H26ClN5O2S2. The SMILES string of the molecule is CN1CCC2(C1)CN(C(=O)Nc1ncc(SCCC(=O)N(C)C)s1)c1ccc(Cl)cc12. The van der Waals surface area contributed by atoms with Crippen LogP contribution in [0.15, 0.2) is 28.6 Å². The van der Waals surface area contributed by atoms with E-state index >= 15 is 0 Å². The van der Waals surface area contributed by atoms with Crippen LogP contribution >= 0.6 is 34.7 Å². The van der Waals surface area contributed by atoms with Crippen LogP contribution in [0.2, 0.25) is 5.02 Å². The molecule has 0 saturated carbocycles. The predicted octanol–water partition coefficient (Wildman–Crippen LogP) is 3.99. The number of carbonyl (C=O) groups excluding carboxylic acids is 2. The Morgan fingerprint density at radius 1 is 1.35 bits per heavy atom. The normalized spacial score (nSPS) is 20.3. The number of aromatic nitrogens is 1. The van der Waals surface area contributed by atoms with Gasteiger partial charge in [0.15, 0.2) is 5.13 Å². The van der Waals surface area contributed by atoms with Crippen LogP contribution in [0, 0.1) is 0 Å². The van der Waals surface area contributed by atoms with Crippen LogP contribution in [0.5, 0.6) is 0 Å². The van der Waals surface area contributed by atoms with E-state index in [-0.39, 0.29) is 17.4 Å². The lowest BCUT2D eigenvalue weighted by molar-refractivity contribution is -0.128. The zero-order valence-corrected chi connectivity index (χ0v) is 20.2. The van der Waals surface area contributed by atoms with Crippen molar-refractivity contribution in [1.82, 2.24) is 14.8 Å². The minimum Gasteiger partial charge on any atom is -0.349 e. The number of anilines is 2. The highest BCUT2D eigenvalue weighted by atomic mass is 35.5. The van der Waals surface area contributed by atoms with Crippen LogP contribution in [0.3, 0.4) is 0 Å². The molecule has 1 unspecified atom stereocenters. The zero-order valence-electron chi connectivity index (χ0n) is 17.9. The van der Waals surface area contributed by atoms with Gasteiger partial charge in [-0.25, -0.2) is 9.78 Å². The van der Waals surface area contributed by atoms with Crippen LogP contribution < -0.4 is 10.2 Å². The number of urea groups is 1. The first-order chi connectivity index (χ1) is 14.8. The van der Waals surface area contributed by atoms with Crippen LogP contribution in [0.4, 0.5) is 15.6 Å². The van der Waals surface area contributed by atoms with E-state index in [1.165, 1.54) is 11.3 Å².